The summed E-state index contributed by atoms with van der Waals surface area (Å²) < 4.78 is 26.2. The molecule has 1 aliphatic rings. The predicted octanol–water partition coefficient (Wildman–Crippen LogP) is 1.09. The SMILES string of the molecule is N#Cc1ccc(CS(=O)(=O)N2CCCC(CO)C2)cc1. The van der Waals surface area contributed by atoms with Gasteiger partial charge in [0.15, 0.2) is 0 Å². The highest BCUT2D eigenvalue weighted by Crippen LogP contribution is 2.21. The van der Waals surface area contributed by atoms with Crippen molar-refractivity contribution in [3.8, 4) is 6.07 Å². The molecule has 2 rings (SSSR count). The molecule has 0 aromatic heterocycles. The molecule has 0 saturated carbocycles. The van der Waals surface area contributed by atoms with E-state index in [1.807, 2.05) is 6.07 Å². The molecule has 108 valence electrons. The number of rotatable bonds is 4. The highest BCUT2D eigenvalue weighted by Gasteiger charge is 2.28. The number of aliphatic hydroxyl groups excluding tert-OH is 1. The number of nitriles is 1. The van der Waals surface area contributed by atoms with Crippen LogP contribution in [0, 0.1) is 17.2 Å². The van der Waals surface area contributed by atoms with Crippen LogP contribution in [0.3, 0.4) is 0 Å². The molecule has 6 heteroatoms. The van der Waals surface area contributed by atoms with Crippen LogP contribution in [0.1, 0.15) is 24.0 Å². The van der Waals surface area contributed by atoms with Crippen molar-refractivity contribution in [3.63, 3.8) is 0 Å². The zero-order valence-electron chi connectivity index (χ0n) is 11.2. The van der Waals surface area contributed by atoms with Crippen LogP contribution >= 0.6 is 0 Å². The summed E-state index contributed by atoms with van der Waals surface area (Å²) in [6, 6.07) is 8.59. The molecule has 0 radical (unpaired) electrons. The molecule has 0 aliphatic carbocycles. The van der Waals surface area contributed by atoms with Crippen LogP contribution in [0.25, 0.3) is 0 Å². The molecular weight excluding hydrogens is 276 g/mol. The van der Waals surface area contributed by atoms with Gasteiger partial charge in [-0.15, -0.1) is 0 Å². The maximum atomic E-state index is 12.4. The highest BCUT2D eigenvalue weighted by atomic mass is 32.2. The lowest BCUT2D eigenvalue weighted by Crippen LogP contribution is -2.41. The molecule has 0 amide bonds. The minimum Gasteiger partial charge on any atom is -0.396 e. The van der Waals surface area contributed by atoms with E-state index < -0.39 is 10.0 Å². The van der Waals surface area contributed by atoms with Crippen molar-refractivity contribution in [1.82, 2.24) is 4.31 Å². The second kappa shape index (κ2) is 6.35. The van der Waals surface area contributed by atoms with Gasteiger partial charge >= 0.3 is 0 Å². The summed E-state index contributed by atoms with van der Waals surface area (Å²) >= 11 is 0. The van der Waals surface area contributed by atoms with Crippen LogP contribution in [0.5, 0.6) is 0 Å². The van der Waals surface area contributed by atoms with Gasteiger partial charge in [0.25, 0.3) is 0 Å². The quantitative estimate of drug-likeness (QED) is 0.901. The van der Waals surface area contributed by atoms with E-state index in [9.17, 15) is 8.42 Å². The van der Waals surface area contributed by atoms with E-state index in [1.165, 1.54) is 4.31 Å². The molecule has 0 bridgehead atoms. The third kappa shape index (κ3) is 3.57. The van der Waals surface area contributed by atoms with Crippen molar-refractivity contribution in [1.29, 1.82) is 5.26 Å². The van der Waals surface area contributed by atoms with E-state index in [1.54, 1.807) is 24.3 Å². The van der Waals surface area contributed by atoms with Crippen molar-refractivity contribution in [3.05, 3.63) is 35.4 Å². The first-order chi connectivity index (χ1) is 9.55. The van der Waals surface area contributed by atoms with E-state index in [4.69, 9.17) is 10.4 Å². The first kappa shape index (κ1) is 15.0. The van der Waals surface area contributed by atoms with Gasteiger partial charge in [-0.1, -0.05) is 12.1 Å². The summed E-state index contributed by atoms with van der Waals surface area (Å²) in [4.78, 5) is 0. The first-order valence-electron chi connectivity index (χ1n) is 6.63. The Morgan fingerprint density at radius 3 is 2.65 bits per heavy atom. The van der Waals surface area contributed by atoms with Gasteiger partial charge in [0.05, 0.1) is 17.4 Å². The minimum atomic E-state index is -3.36. The number of nitrogens with zero attached hydrogens (tertiary/aromatic N) is 2. The fraction of sp³-hybridized carbons (Fsp3) is 0.500. The van der Waals surface area contributed by atoms with Gasteiger partial charge in [-0.25, -0.2) is 12.7 Å². The number of hydrogen-bond acceptors (Lipinski definition) is 4. The third-order valence-electron chi connectivity index (χ3n) is 3.57. The number of aliphatic hydroxyl groups is 1. The van der Waals surface area contributed by atoms with Crippen LogP contribution in [-0.4, -0.2) is 37.5 Å². The highest BCUT2D eigenvalue weighted by molar-refractivity contribution is 7.88. The summed E-state index contributed by atoms with van der Waals surface area (Å²) in [5.74, 6) is -0.0175. The van der Waals surface area contributed by atoms with Gasteiger partial charge in [-0.2, -0.15) is 5.26 Å². The summed E-state index contributed by atoms with van der Waals surface area (Å²) in [5.41, 5.74) is 1.19. The minimum absolute atomic E-state index is 0.0306. The Labute approximate surface area is 119 Å². The zero-order chi connectivity index (χ0) is 14.6. The molecule has 1 heterocycles. The van der Waals surface area contributed by atoms with Gasteiger partial charge < -0.3 is 5.11 Å². The molecule has 1 aliphatic heterocycles. The van der Waals surface area contributed by atoms with Crippen LogP contribution < -0.4 is 0 Å². The largest absolute Gasteiger partial charge is 0.396 e. The lowest BCUT2D eigenvalue weighted by molar-refractivity contribution is 0.165. The Kier molecular flexibility index (Phi) is 4.76. The Morgan fingerprint density at radius 1 is 1.35 bits per heavy atom. The predicted molar refractivity (Wildman–Crippen MR) is 75.2 cm³/mol. The van der Waals surface area contributed by atoms with E-state index in [-0.39, 0.29) is 18.3 Å². The van der Waals surface area contributed by atoms with Gasteiger partial charge in [0.1, 0.15) is 0 Å². The van der Waals surface area contributed by atoms with Gasteiger partial charge in [-0.3, -0.25) is 0 Å². The Balaban J connectivity index is 2.08. The van der Waals surface area contributed by atoms with Gasteiger partial charge in [-0.05, 0) is 36.5 Å². The fourth-order valence-corrected chi connectivity index (χ4v) is 4.05. The standard InChI is InChI=1S/C14H18N2O3S/c15-8-12-3-5-13(6-4-12)11-20(18,19)16-7-1-2-14(9-16)10-17/h3-6,14,17H,1-2,7,9-11H2. The monoisotopic (exact) mass is 294 g/mol. The number of benzene rings is 1. The smallest absolute Gasteiger partial charge is 0.218 e. The molecule has 1 aromatic carbocycles. The molecular formula is C14H18N2O3S. The summed E-state index contributed by atoms with van der Waals surface area (Å²) in [6.45, 7) is 0.951. The lowest BCUT2D eigenvalue weighted by Gasteiger charge is -2.31. The normalized spacial score (nSPS) is 20.5. The molecule has 20 heavy (non-hydrogen) atoms. The molecule has 1 saturated heterocycles. The topological polar surface area (TPSA) is 81.4 Å². The second-order valence-corrected chi connectivity index (χ2v) is 7.08. The maximum Gasteiger partial charge on any atom is 0.218 e. The van der Waals surface area contributed by atoms with E-state index in [0.29, 0.717) is 24.2 Å². The van der Waals surface area contributed by atoms with Crippen LogP contribution in [0.2, 0.25) is 0 Å². The van der Waals surface area contributed by atoms with Crippen molar-refractivity contribution in [2.45, 2.75) is 18.6 Å². The third-order valence-corrected chi connectivity index (χ3v) is 5.38. The zero-order valence-corrected chi connectivity index (χ0v) is 12.0. The maximum absolute atomic E-state index is 12.4. The number of hydrogen-bond donors (Lipinski definition) is 1. The molecule has 5 nitrogen and oxygen atoms in total. The fourth-order valence-electron chi connectivity index (χ4n) is 2.41. The van der Waals surface area contributed by atoms with E-state index >= 15 is 0 Å². The van der Waals surface area contributed by atoms with Crippen molar-refractivity contribution in [2.24, 2.45) is 5.92 Å². The van der Waals surface area contributed by atoms with Crippen LogP contribution in [-0.2, 0) is 15.8 Å². The summed E-state index contributed by atoms with van der Waals surface area (Å²) in [6.07, 6.45) is 1.66. The van der Waals surface area contributed by atoms with Crippen molar-refractivity contribution >= 4 is 10.0 Å². The number of sulfonamides is 1. The second-order valence-electron chi connectivity index (χ2n) is 5.11. The molecule has 1 N–H and O–H groups in total. The Bertz CT molecular complexity index is 590. The lowest BCUT2D eigenvalue weighted by atomic mass is 10.0. The first-order valence-corrected chi connectivity index (χ1v) is 8.24. The van der Waals surface area contributed by atoms with Gasteiger partial charge in [0, 0.05) is 19.7 Å². The molecule has 1 aromatic rings. The van der Waals surface area contributed by atoms with Crippen LogP contribution in [0.4, 0.5) is 0 Å². The number of piperidine rings is 1. The van der Waals surface area contributed by atoms with Crippen molar-refractivity contribution in [2.75, 3.05) is 19.7 Å². The van der Waals surface area contributed by atoms with E-state index in [2.05, 4.69) is 0 Å². The van der Waals surface area contributed by atoms with Gasteiger partial charge in [0.2, 0.25) is 10.0 Å². The average Bonchev–Trinajstić information content (AvgIpc) is 2.48. The molecule has 1 atom stereocenters. The molecule has 0 spiro atoms. The Hall–Kier alpha value is -1.42. The van der Waals surface area contributed by atoms with Crippen molar-refractivity contribution < 1.29 is 13.5 Å². The summed E-state index contributed by atoms with van der Waals surface area (Å²) in [5, 5.41) is 17.9. The van der Waals surface area contributed by atoms with Crippen LogP contribution in [0.15, 0.2) is 24.3 Å². The summed E-state index contributed by atoms with van der Waals surface area (Å²) in [7, 11) is -3.36. The molecule has 1 fully saturated rings. The average molecular weight is 294 g/mol. The Morgan fingerprint density at radius 2 is 2.05 bits per heavy atom. The molecule has 1 unspecified atom stereocenters. The van der Waals surface area contributed by atoms with E-state index in [0.717, 1.165) is 12.8 Å².